The summed E-state index contributed by atoms with van der Waals surface area (Å²) < 4.78 is 0. The number of thioether (sulfide) groups is 1. The second-order valence-electron chi connectivity index (χ2n) is 6.74. The first-order valence-electron chi connectivity index (χ1n) is 8.41. The Balaban J connectivity index is 1.60. The number of nitrogens with zero attached hydrogens (tertiary/aromatic N) is 1. The van der Waals surface area contributed by atoms with Crippen LogP contribution in [0.1, 0.15) is 25.3 Å². The molecular weight excluding hydrogens is 340 g/mol. The van der Waals surface area contributed by atoms with Crippen LogP contribution in [0.15, 0.2) is 30.3 Å². The average molecular weight is 362 g/mol. The molecule has 0 aromatic heterocycles. The minimum Gasteiger partial charge on any atom is -0.481 e. The molecule has 2 N–H and O–H groups in total. The summed E-state index contributed by atoms with van der Waals surface area (Å²) in [5.74, 6) is -1.32. The van der Waals surface area contributed by atoms with E-state index in [2.05, 4.69) is 5.32 Å². The van der Waals surface area contributed by atoms with Gasteiger partial charge < -0.3 is 15.3 Å². The van der Waals surface area contributed by atoms with E-state index in [9.17, 15) is 19.5 Å². The van der Waals surface area contributed by atoms with E-state index in [4.69, 9.17) is 0 Å². The minimum absolute atomic E-state index is 0.00622. The van der Waals surface area contributed by atoms with Gasteiger partial charge in [0.1, 0.15) is 6.04 Å². The smallest absolute Gasteiger partial charge is 0.308 e. The average Bonchev–Trinajstić information content (AvgIpc) is 3.08. The van der Waals surface area contributed by atoms with Crippen molar-refractivity contribution >= 4 is 29.5 Å². The van der Waals surface area contributed by atoms with Gasteiger partial charge in [-0.3, -0.25) is 14.4 Å². The fourth-order valence-electron chi connectivity index (χ4n) is 3.50. The quantitative estimate of drug-likeness (QED) is 0.801. The molecule has 3 atom stereocenters. The lowest BCUT2D eigenvalue weighted by Gasteiger charge is -2.30. The molecule has 1 aromatic rings. The van der Waals surface area contributed by atoms with Gasteiger partial charge in [-0.05, 0) is 25.3 Å². The molecule has 2 saturated heterocycles. The number of fused-ring (bicyclic) bond motifs is 1. The maximum Gasteiger partial charge on any atom is 0.308 e. The van der Waals surface area contributed by atoms with Crippen LogP contribution >= 0.6 is 11.8 Å². The zero-order chi connectivity index (χ0) is 18.0. The molecule has 1 aromatic carbocycles. The second kappa shape index (κ2) is 7.07. The number of benzene rings is 1. The Morgan fingerprint density at radius 2 is 2.12 bits per heavy atom. The number of carboxylic acid groups (broad SMARTS) is 1. The number of aliphatic carboxylic acids is 1. The Morgan fingerprint density at radius 1 is 1.40 bits per heavy atom. The van der Waals surface area contributed by atoms with Gasteiger partial charge in [-0.1, -0.05) is 30.3 Å². The summed E-state index contributed by atoms with van der Waals surface area (Å²) in [7, 11) is 0. The minimum atomic E-state index is -0.938. The molecular formula is C18H22N2O4S. The molecule has 0 unspecified atom stereocenters. The van der Waals surface area contributed by atoms with Crippen molar-refractivity contribution in [1.29, 1.82) is 0 Å². The summed E-state index contributed by atoms with van der Waals surface area (Å²) in [6.45, 7) is 2.05. The van der Waals surface area contributed by atoms with Gasteiger partial charge in [0.15, 0.2) is 0 Å². The lowest BCUT2D eigenvalue weighted by Crippen LogP contribution is -2.51. The third kappa shape index (κ3) is 3.66. The zero-order valence-corrected chi connectivity index (χ0v) is 14.9. The molecule has 2 heterocycles. The van der Waals surface area contributed by atoms with Crippen LogP contribution in [-0.4, -0.2) is 51.0 Å². The van der Waals surface area contributed by atoms with Crippen molar-refractivity contribution in [2.24, 2.45) is 5.92 Å². The van der Waals surface area contributed by atoms with E-state index < -0.39 is 17.9 Å². The van der Waals surface area contributed by atoms with Crippen LogP contribution < -0.4 is 5.32 Å². The summed E-state index contributed by atoms with van der Waals surface area (Å²) in [6, 6.07) is 8.85. The molecule has 2 aliphatic rings. The number of hydrogen-bond acceptors (Lipinski definition) is 4. The van der Waals surface area contributed by atoms with Crippen molar-refractivity contribution in [3.63, 3.8) is 0 Å². The first-order valence-corrected chi connectivity index (χ1v) is 9.40. The number of carboxylic acids is 1. The van der Waals surface area contributed by atoms with Crippen molar-refractivity contribution < 1.29 is 19.5 Å². The predicted molar refractivity (Wildman–Crippen MR) is 95.0 cm³/mol. The van der Waals surface area contributed by atoms with Crippen LogP contribution in [0.4, 0.5) is 0 Å². The van der Waals surface area contributed by atoms with Crippen molar-refractivity contribution in [2.75, 3.05) is 12.3 Å². The Bertz CT molecular complexity index is 681. The number of carbonyl (C=O) groups excluding carboxylic acids is 2. The Hall–Kier alpha value is -2.02. The third-order valence-corrected chi connectivity index (χ3v) is 6.45. The number of nitrogens with one attached hydrogen (secondary N) is 1. The molecule has 0 saturated carbocycles. The Kier molecular flexibility index (Phi) is 5.03. The lowest BCUT2D eigenvalue weighted by molar-refractivity contribution is -0.142. The highest BCUT2D eigenvalue weighted by Gasteiger charge is 2.52. The first kappa shape index (κ1) is 17.8. The highest BCUT2D eigenvalue weighted by atomic mass is 32.2. The Labute approximate surface area is 151 Å². The van der Waals surface area contributed by atoms with E-state index >= 15 is 0 Å². The Morgan fingerprint density at radius 3 is 2.80 bits per heavy atom. The summed E-state index contributed by atoms with van der Waals surface area (Å²) in [4.78, 5) is 37.5. The molecule has 134 valence electrons. The maximum absolute atomic E-state index is 12.5. The van der Waals surface area contributed by atoms with Gasteiger partial charge in [0.05, 0.1) is 10.8 Å². The fourth-order valence-corrected chi connectivity index (χ4v) is 4.93. The van der Waals surface area contributed by atoms with E-state index in [0.717, 1.165) is 12.0 Å². The van der Waals surface area contributed by atoms with Crippen LogP contribution in [0.2, 0.25) is 0 Å². The third-order valence-electron chi connectivity index (χ3n) is 4.94. The molecule has 0 radical (unpaired) electrons. The molecule has 7 heteroatoms. The van der Waals surface area contributed by atoms with Crippen LogP contribution in [0, 0.1) is 5.92 Å². The van der Waals surface area contributed by atoms with E-state index in [1.165, 1.54) is 0 Å². The van der Waals surface area contributed by atoms with E-state index in [1.54, 1.807) is 16.7 Å². The molecule has 2 amide bonds. The fraction of sp³-hybridized carbons (Fsp3) is 0.500. The monoisotopic (exact) mass is 362 g/mol. The summed E-state index contributed by atoms with van der Waals surface area (Å²) >= 11 is 1.63. The van der Waals surface area contributed by atoms with E-state index in [-0.39, 0.29) is 23.2 Å². The number of hydrogen-bond donors (Lipinski definition) is 2. The van der Waals surface area contributed by atoms with Crippen molar-refractivity contribution in [3.8, 4) is 0 Å². The number of carbonyl (C=O) groups is 3. The maximum atomic E-state index is 12.5. The lowest BCUT2D eigenvalue weighted by atomic mass is 9.99. The standard InChI is InChI=1S/C18H22N2O4S/c1-18-8-7-15(21)20(18)14(11-25-18)16(22)19-10-13(17(23)24)9-12-5-3-2-4-6-12/h2-6,13-14H,7-11H2,1H3,(H,19,22)(H,23,24)/t13-,14-,18-/m0/s1. The van der Waals surface area contributed by atoms with Gasteiger partial charge in [-0.2, -0.15) is 0 Å². The first-order chi connectivity index (χ1) is 11.9. The highest BCUT2D eigenvalue weighted by molar-refractivity contribution is 8.01. The van der Waals surface area contributed by atoms with Crippen molar-refractivity contribution in [2.45, 2.75) is 37.1 Å². The van der Waals surface area contributed by atoms with Crippen LogP contribution in [-0.2, 0) is 20.8 Å². The molecule has 6 nitrogen and oxygen atoms in total. The SMILES string of the molecule is C[C@]12CCC(=O)N1[C@H](C(=O)NC[C@H](Cc1ccccc1)C(=O)O)CS2. The molecule has 2 aliphatic heterocycles. The van der Waals surface area contributed by atoms with Crippen molar-refractivity contribution in [3.05, 3.63) is 35.9 Å². The van der Waals surface area contributed by atoms with E-state index in [1.807, 2.05) is 37.3 Å². The van der Waals surface area contributed by atoms with Gasteiger partial charge in [-0.25, -0.2) is 0 Å². The largest absolute Gasteiger partial charge is 0.481 e. The van der Waals surface area contributed by atoms with Gasteiger partial charge in [0.2, 0.25) is 11.8 Å². The van der Waals surface area contributed by atoms with E-state index in [0.29, 0.717) is 18.6 Å². The van der Waals surface area contributed by atoms with Crippen LogP contribution in [0.3, 0.4) is 0 Å². The highest BCUT2D eigenvalue weighted by Crippen LogP contribution is 2.47. The molecule has 0 aliphatic carbocycles. The summed E-state index contributed by atoms with van der Waals surface area (Å²) in [5, 5.41) is 12.2. The zero-order valence-electron chi connectivity index (χ0n) is 14.1. The molecule has 0 spiro atoms. The second-order valence-corrected chi connectivity index (χ2v) is 8.24. The molecule has 25 heavy (non-hydrogen) atoms. The normalized spacial score (nSPS) is 26.4. The van der Waals surface area contributed by atoms with Crippen LogP contribution in [0.25, 0.3) is 0 Å². The van der Waals surface area contributed by atoms with Gasteiger partial charge in [0, 0.05) is 18.7 Å². The number of amides is 2. The topological polar surface area (TPSA) is 86.7 Å². The number of rotatable bonds is 6. The van der Waals surface area contributed by atoms with Crippen molar-refractivity contribution in [1.82, 2.24) is 10.2 Å². The van der Waals surface area contributed by atoms with Gasteiger partial charge >= 0.3 is 5.97 Å². The van der Waals surface area contributed by atoms with Gasteiger partial charge in [-0.15, -0.1) is 11.8 Å². The summed E-state index contributed by atoms with van der Waals surface area (Å²) in [5.41, 5.74) is 0.919. The van der Waals surface area contributed by atoms with Gasteiger partial charge in [0.25, 0.3) is 0 Å². The predicted octanol–water partition coefficient (Wildman–Crippen LogP) is 1.50. The molecule has 2 fully saturated rings. The summed E-state index contributed by atoms with van der Waals surface area (Å²) in [6.07, 6.45) is 1.58. The van der Waals surface area contributed by atoms with Crippen LogP contribution in [0.5, 0.6) is 0 Å². The molecule has 0 bridgehead atoms. The molecule has 3 rings (SSSR count).